The van der Waals surface area contributed by atoms with Gasteiger partial charge in [-0.1, -0.05) is 23.4 Å². The van der Waals surface area contributed by atoms with Crippen molar-refractivity contribution in [2.75, 3.05) is 6.61 Å². The number of amides is 1. The van der Waals surface area contributed by atoms with Crippen LogP contribution in [-0.2, 0) is 19.0 Å². The summed E-state index contributed by atoms with van der Waals surface area (Å²) in [7, 11) is 0. The third-order valence-corrected chi connectivity index (χ3v) is 6.01. The fourth-order valence-corrected chi connectivity index (χ4v) is 4.56. The van der Waals surface area contributed by atoms with E-state index in [2.05, 4.69) is 5.32 Å². The average molecular weight is 426 g/mol. The summed E-state index contributed by atoms with van der Waals surface area (Å²) >= 11 is 7.34. The normalized spacial score (nSPS) is 32.5. The van der Waals surface area contributed by atoms with Crippen LogP contribution in [0.4, 0.5) is 0 Å². The Balaban J connectivity index is 1.53. The molecule has 3 heterocycles. The lowest BCUT2D eigenvalue weighted by molar-refractivity contribution is -0.310. The minimum absolute atomic E-state index is 0.234. The first-order valence-corrected chi connectivity index (χ1v) is 10.1. The van der Waals surface area contributed by atoms with Crippen LogP contribution in [0.2, 0.25) is 5.02 Å². The number of nitrogens with one attached hydrogen (secondary N) is 1. The Bertz CT molecular complexity index is 801. The highest BCUT2D eigenvalue weighted by molar-refractivity contribution is 7.99. The van der Waals surface area contributed by atoms with Crippen LogP contribution in [0.5, 0.6) is 0 Å². The number of fused-ring (bicyclic) bond motifs is 1. The molecule has 6 atom stereocenters. The van der Waals surface area contributed by atoms with Gasteiger partial charge in [0.25, 0.3) is 0 Å². The summed E-state index contributed by atoms with van der Waals surface area (Å²) in [6.07, 6.45) is -1.32. The second-order valence-electron chi connectivity index (χ2n) is 6.61. The predicted octanol–water partition coefficient (Wildman–Crippen LogP) is 2.73. The predicted molar refractivity (Wildman–Crippen MR) is 102 cm³/mol. The Kier molecular flexibility index (Phi) is 5.96. The van der Waals surface area contributed by atoms with E-state index in [4.69, 9.17) is 30.2 Å². The lowest BCUT2D eigenvalue weighted by Crippen LogP contribution is -2.65. The third-order valence-electron chi connectivity index (χ3n) is 4.58. The number of ether oxygens (including phenoxy) is 3. The van der Waals surface area contributed by atoms with Crippen molar-refractivity contribution < 1.29 is 28.5 Å². The SMILES string of the molecule is CC(=O)NC1C(Sc2ccc(Cl)cc2)OC2COC(c3ccco3)OC2C1O. The van der Waals surface area contributed by atoms with Gasteiger partial charge < -0.3 is 29.1 Å². The van der Waals surface area contributed by atoms with Gasteiger partial charge in [0.2, 0.25) is 12.2 Å². The summed E-state index contributed by atoms with van der Waals surface area (Å²) < 4.78 is 23.1. The number of benzene rings is 1. The maximum Gasteiger partial charge on any atom is 0.217 e. The summed E-state index contributed by atoms with van der Waals surface area (Å²) in [5.41, 5.74) is -0.520. The maximum absolute atomic E-state index is 11.7. The van der Waals surface area contributed by atoms with Gasteiger partial charge in [0.1, 0.15) is 23.7 Å². The maximum atomic E-state index is 11.7. The van der Waals surface area contributed by atoms with Crippen LogP contribution >= 0.6 is 23.4 Å². The highest BCUT2D eigenvalue weighted by Crippen LogP contribution is 2.39. The largest absolute Gasteiger partial charge is 0.464 e. The van der Waals surface area contributed by atoms with Crippen molar-refractivity contribution in [2.24, 2.45) is 0 Å². The van der Waals surface area contributed by atoms with Crippen molar-refractivity contribution in [2.45, 2.75) is 47.9 Å². The number of carbonyl (C=O) groups excluding carboxylic acids is 1. The molecule has 9 heteroatoms. The van der Waals surface area contributed by atoms with Gasteiger partial charge in [-0.25, -0.2) is 0 Å². The molecule has 0 aliphatic carbocycles. The van der Waals surface area contributed by atoms with E-state index >= 15 is 0 Å². The molecule has 2 aromatic rings. The zero-order chi connectivity index (χ0) is 19.7. The molecule has 6 unspecified atom stereocenters. The Morgan fingerprint density at radius 2 is 2.04 bits per heavy atom. The molecule has 0 radical (unpaired) electrons. The smallest absolute Gasteiger partial charge is 0.217 e. The summed E-state index contributed by atoms with van der Waals surface area (Å²) in [5.74, 6) is 0.252. The van der Waals surface area contributed by atoms with Crippen LogP contribution in [0, 0.1) is 0 Å². The molecule has 2 aliphatic rings. The number of halogens is 1. The van der Waals surface area contributed by atoms with E-state index in [1.54, 1.807) is 24.3 Å². The van der Waals surface area contributed by atoms with Gasteiger partial charge in [-0.3, -0.25) is 4.79 Å². The van der Waals surface area contributed by atoms with Crippen molar-refractivity contribution in [3.05, 3.63) is 53.4 Å². The number of aliphatic hydroxyl groups is 1. The van der Waals surface area contributed by atoms with Crippen LogP contribution in [0.15, 0.2) is 52.0 Å². The number of furan rings is 1. The molecule has 28 heavy (non-hydrogen) atoms. The Labute approximate surface area is 171 Å². The number of aliphatic hydroxyl groups excluding tert-OH is 1. The van der Waals surface area contributed by atoms with Gasteiger partial charge >= 0.3 is 0 Å². The average Bonchev–Trinajstić information content (AvgIpc) is 3.21. The minimum atomic E-state index is -0.978. The highest BCUT2D eigenvalue weighted by atomic mass is 35.5. The van der Waals surface area contributed by atoms with E-state index in [0.29, 0.717) is 10.8 Å². The second-order valence-corrected chi connectivity index (χ2v) is 8.22. The minimum Gasteiger partial charge on any atom is -0.464 e. The summed E-state index contributed by atoms with van der Waals surface area (Å²) in [6.45, 7) is 1.64. The van der Waals surface area contributed by atoms with Gasteiger partial charge in [-0.2, -0.15) is 0 Å². The fraction of sp³-hybridized carbons (Fsp3) is 0.421. The third kappa shape index (κ3) is 4.22. The van der Waals surface area contributed by atoms with Crippen molar-refractivity contribution in [3.63, 3.8) is 0 Å². The van der Waals surface area contributed by atoms with Crippen molar-refractivity contribution in [3.8, 4) is 0 Å². The van der Waals surface area contributed by atoms with Crippen LogP contribution in [0.25, 0.3) is 0 Å². The lowest BCUT2D eigenvalue weighted by Gasteiger charge is -2.47. The van der Waals surface area contributed by atoms with E-state index in [-0.39, 0.29) is 12.5 Å². The van der Waals surface area contributed by atoms with Gasteiger partial charge in [-0.15, -0.1) is 0 Å². The first-order valence-electron chi connectivity index (χ1n) is 8.84. The van der Waals surface area contributed by atoms with Gasteiger partial charge in [0, 0.05) is 16.8 Å². The standard InChI is InChI=1S/C19H20ClNO6S/c1-10(22)21-15-16(23)17-14(9-25-18(27-17)13-3-2-8-24-13)26-19(15)28-12-6-4-11(20)5-7-12/h2-8,14-19,23H,9H2,1H3,(H,21,22). The number of hydrogen-bond acceptors (Lipinski definition) is 7. The summed E-state index contributed by atoms with van der Waals surface area (Å²) in [5, 5.41) is 14.4. The number of thioether (sulfide) groups is 1. The lowest BCUT2D eigenvalue weighted by atomic mass is 9.97. The van der Waals surface area contributed by atoms with E-state index in [9.17, 15) is 9.90 Å². The molecule has 2 saturated heterocycles. The van der Waals surface area contributed by atoms with Crippen molar-refractivity contribution >= 4 is 29.3 Å². The van der Waals surface area contributed by atoms with E-state index in [1.807, 2.05) is 12.1 Å². The Hall–Kier alpha value is -1.55. The molecule has 0 saturated carbocycles. The van der Waals surface area contributed by atoms with Crippen LogP contribution in [0.1, 0.15) is 19.0 Å². The number of hydrogen-bond donors (Lipinski definition) is 2. The monoisotopic (exact) mass is 425 g/mol. The Morgan fingerprint density at radius 3 is 2.71 bits per heavy atom. The van der Waals surface area contributed by atoms with Gasteiger partial charge in [0.05, 0.1) is 18.9 Å². The molecular formula is C19H20ClNO6S. The topological polar surface area (TPSA) is 90.2 Å². The summed E-state index contributed by atoms with van der Waals surface area (Å²) in [4.78, 5) is 12.6. The van der Waals surface area contributed by atoms with E-state index < -0.39 is 36.1 Å². The quantitative estimate of drug-likeness (QED) is 0.778. The first kappa shape index (κ1) is 19.8. The molecule has 4 rings (SSSR count). The van der Waals surface area contributed by atoms with Crippen LogP contribution < -0.4 is 5.32 Å². The first-order chi connectivity index (χ1) is 13.5. The number of rotatable bonds is 4. The molecule has 2 N–H and O–H groups in total. The molecule has 2 fully saturated rings. The zero-order valence-corrected chi connectivity index (χ0v) is 16.6. The molecule has 1 aromatic carbocycles. The van der Waals surface area contributed by atoms with Crippen LogP contribution in [-0.4, -0.2) is 47.4 Å². The fourth-order valence-electron chi connectivity index (χ4n) is 3.30. The molecule has 150 valence electrons. The Morgan fingerprint density at radius 1 is 1.25 bits per heavy atom. The highest BCUT2D eigenvalue weighted by Gasteiger charge is 2.50. The molecule has 0 bridgehead atoms. The molecule has 7 nitrogen and oxygen atoms in total. The van der Waals surface area contributed by atoms with Gasteiger partial charge in [-0.05, 0) is 36.4 Å². The zero-order valence-electron chi connectivity index (χ0n) is 15.0. The van der Waals surface area contributed by atoms with E-state index in [0.717, 1.165) is 4.90 Å². The molecule has 1 aromatic heterocycles. The molecule has 0 spiro atoms. The second kappa shape index (κ2) is 8.44. The summed E-state index contributed by atoms with van der Waals surface area (Å²) in [6, 6.07) is 10.1. The van der Waals surface area contributed by atoms with Crippen molar-refractivity contribution in [1.29, 1.82) is 0 Å². The molecular weight excluding hydrogens is 406 g/mol. The van der Waals surface area contributed by atoms with Crippen LogP contribution in [0.3, 0.4) is 0 Å². The number of carbonyl (C=O) groups is 1. The van der Waals surface area contributed by atoms with Gasteiger partial charge in [0.15, 0.2) is 5.76 Å². The van der Waals surface area contributed by atoms with Crippen molar-refractivity contribution in [1.82, 2.24) is 5.32 Å². The van der Waals surface area contributed by atoms with E-state index in [1.165, 1.54) is 24.9 Å². The molecule has 2 aliphatic heterocycles. The molecule has 1 amide bonds.